The molecule has 17 nitrogen and oxygen atoms in total. The van der Waals surface area contributed by atoms with Gasteiger partial charge in [-0.15, -0.1) is 0 Å². The first-order chi connectivity index (χ1) is 31.7. The molecule has 1 unspecified atom stereocenters. The highest BCUT2D eigenvalue weighted by Gasteiger charge is 2.43. The number of methoxy groups -OCH3 is 3. The molecule has 66 heavy (non-hydrogen) atoms. The minimum absolute atomic E-state index is 0.0799. The van der Waals surface area contributed by atoms with Gasteiger partial charge in [-0.1, -0.05) is 45.9 Å². The number of halogens is 2. The number of hydrogen-bond acceptors (Lipinski definition) is 11. The number of H-pyrrole nitrogens is 2. The van der Waals surface area contributed by atoms with Gasteiger partial charge in [0.1, 0.15) is 36.1 Å². The Morgan fingerprint density at radius 1 is 0.803 bits per heavy atom. The van der Waals surface area contributed by atoms with Crippen molar-refractivity contribution in [1.82, 2.24) is 40.4 Å². The quantitative estimate of drug-likeness (QED) is 0.0886. The molecule has 0 spiro atoms. The van der Waals surface area contributed by atoms with Crippen LogP contribution in [0.3, 0.4) is 0 Å². The third-order valence-electron chi connectivity index (χ3n) is 12.9. The number of benzene rings is 3. The lowest BCUT2D eigenvalue weighted by Gasteiger charge is -2.30. The fourth-order valence-corrected chi connectivity index (χ4v) is 9.58. The summed E-state index contributed by atoms with van der Waals surface area (Å²) in [5, 5.41) is 7.11. The van der Waals surface area contributed by atoms with Crippen molar-refractivity contribution in [3.8, 4) is 28.1 Å². The van der Waals surface area contributed by atoms with Gasteiger partial charge in [0.15, 0.2) is 0 Å². The number of nitrogens with zero attached hydrogens (tertiary/aromatic N) is 4. The predicted molar refractivity (Wildman–Crippen MR) is 238 cm³/mol. The number of carbonyl (C=O) groups excluding carboxylic acids is 4. The largest absolute Gasteiger partial charge is 0.488 e. The topological polar surface area (TPSA) is 202 Å². The number of likely N-dealkylation sites (tertiary alicyclic amines) is 2. The van der Waals surface area contributed by atoms with Crippen molar-refractivity contribution in [2.45, 2.75) is 77.9 Å². The zero-order chi connectivity index (χ0) is 47.0. The number of aromatic amines is 2. The first kappa shape index (κ1) is 46.2. The summed E-state index contributed by atoms with van der Waals surface area (Å²) in [7, 11) is 4.13. The molecular formula is C47H56F2N8O9. The molecule has 0 saturated carbocycles. The summed E-state index contributed by atoms with van der Waals surface area (Å²) in [6.45, 7) is 5.53. The van der Waals surface area contributed by atoms with Gasteiger partial charge in [-0.2, -0.15) is 8.78 Å². The highest BCUT2D eigenvalue weighted by molar-refractivity contribution is 6.07. The molecule has 0 radical (unpaired) electrons. The van der Waals surface area contributed by atoms with Gasteiger partial charge >= 0.3 is 18.8 Å². The molecule has 3 aliphatic rings. The number of aromatic nitrogens is 4. The van der Waals surface area contributed by atoms with Crippen molar-refractivity contribution in [3.63, 3.8) is 0 Å². The molecule has 352 valence electrons. The summed E-state index contributed by atoms with van der Waals surface area (Å²) in [5.74, 6) is 0.427. The second kappa shape index (κ2) is 19.2. The average Bonchev–Trinajstić information content (AvgIpc) is 4.13. The van der Waals surface area contributed by atoms with Crippen LogP contribution in [0.4, 0.5) is 18.4 Å². The van der Waals surface area contributed by atoms with Crippen LogP contribution in [-0.4, -0.2) is 120 Å². The molecule has 2 aromatic heterocycles. The molecule has 5 heterocycles. The maximum atomic E-state index is 14.1. The van der Waals surface area contributed by atoms with Crippen molar-refractivity contribution >= 4 is 45.8 Å². The summed E-state index contributed by atoms with van der Waals surface area (Å²) < 4.78 is 52.4. The Kier molecular flexibility index (Phi) is 13.5. The highest BCUT2D eigenvalue weighted by atomic mass is 19.3. The SMILES string of the molecule is COC[C@H]1C[C@@H](c2ncc(-c3ccc4c(c3)COc3cc5c(ccc6nc([C@@H]7C[C@H](COC(F)F)CN7C(=O)C(NC(=O)OC)C(C)C)[nH]c65)cc3-4)[nH]2)N(C(=O)[C@@H](NC(=O)OC)C(C)C)C1. The normalized spacial score (nSPS) is 20.1. The van der Waals surface area contributed by atoms with E-state index in [0.29, 0.717) is 55.5 Å². The van der Waals surface area contributed by atoms with Crippen molar-refractivity contribution in [2.24, 2.45) is 23.7 Å². The van der Waals surface area contributed by atoms with Crippen LogP contribution in [0.15, 0.2) is 48.7 Å². The molecule has 8 rings (SSSR count). The maximum absolute atomic E-state index is 14.1. The van der Waals surface area contributed by atoms with E-state index in [4.69, 9.17) is 28.9 Å². The molecule has 2 saturated heterocycles. The van der Waals surface area contributed by atoms with E-state index in [1.165, 1.54) is 14.2 Å². The number of alkyl halides is 2. The van der Waals surface area contributed by atoms with E-state index >= 15 is 0 Å². The first-order valence-electron chi connectivity index (χ1n) is 22.1. The molecule has 2 fully saturated rings. The van der Waals surface area contributed by atoms with Crippen molar-refractivity contribution in [3.05, 3.63) is 65.9 Å². The van der Waals surface area contributed by atoms with Gasteiger partial charge in [0, 0.05) is 43.0 Å². The third-order valence-corrected chi connectivity index (χ3v) is 12.9. The summed E-state index contributed by atoms with van der Waals surface area (Å²) in [5.41, 5.74) is 5.96. The Morgan fingerprint density at radius 3 is 2.05 bits per heavy atom. The minimum Gasteiger partial charge on any atom is -0.488 e. The number of ether oxygens (including phenoxy) is 5. The Morgan fingerprint density at radius 2 is 1.44 bits per heavy atom. The van der Waals surface area contributed by atoms with E-state index in [1.54, 1.807) is 37.0 Å². The van der Waals surface area contributed by atoms with Crippen molar-refractivity contribution in [1.29, 1.82) is 0 Å². The number of fused-ring (bicyclic) bond motifs is 6. The molecule has 4 N–H and O–H groups in total. The van der Waals surface area contributed by atoms with Gasteiger partial charge in [0.25, 0.3) is 0 Å². The van der Waals surface area contributed by atoms with Crippen LogP contribution in [0, 0.1) is 23.7 Å². The summed E-state index contributed by atoms with van der Waals surface area (Å²) in [4.78, 5) is 72.4. The van der Waals surface area contributed by atoms with E-state index in [1.807, 2.05) is 38.1 Å². The van der Waals surface area contributed by atoms with Crippen LogP contribution < -0.4 is 15.4 Å². The number of alkyl carbamates (subject to hydrolysis) is 2. The number of imidazole rings is 2. The van der Waals surface area contributed by atoms with Gasteiger partial charge in [0.05, 0.1) is 62.4 Å². The standard InChI is InChI=1S/C47H56F2N8O9/c1-23(2)38(54-46(60)63-6)43(58)56-18-25(20-62-5)12-35(56)41-50-17-34(52-41)28-8-10-30-29(14-28)22-65-37-16-31-27(15-32(30)37)9-11-33-40(31)53-42(51-33)36-13-26(21-66-45(48)49)19-57(36)44(59)39(24(3)4)55-47(61)64-7/h8-11,14-17,23-26,35-36,38-39,45H,12-13,18-22H2,1-7H3,(H,50,52)(H,51,53)(H,54,60)(H,55,61)/t25-,26-,35-,36-,38-,39?/m0/s1. The minimum atomic E-state index is -2.95. The van der Waals surface area contributed by atoms with Gasteiger partial charge in [-0.25, -0.2) is 19.6 Å². The van der Waals surface area contributed by atoms with Crippen molar-refractivity contribution in [2.75, 3.05) is 47.6 Å². The van der Waals surface area contributed by atoms with E-state index in [2.05, 4.69) is 43.5 Å². The van der Waals surface area contributed by atoms with Crippen LogP contribution >= 0.6 is 0 Å². The number of nitrogens with one attached hydrogen (secondary N) is 4. The molecule has 3 aromatic carbocycles. The fraction of sp³-hybridized carbons (Fsp3) is 0.489. The highest BCUT2D eigenvalue weighted by Crippen LogP contribution is 2.44. The molecule has 3 aliphatic heterocycles. The number of carbonyl (C=O) groups is 4. The smallest absolute Gasteiger partial charge is 0.407 e. The maximum Gasteiger partial charge on any atom is 0.407 e. The zero-order valence-corrected chi connectivity index (χ0v) is 38.0. The van der Waals surface area contributed by atoms with E-state index in [0.717, 1.165) is 44.2 Å². The predicted octanol–water partition coefficient (Wildman–Crippen LogP) is 7.09. The second-order valence-electron chi connectivity index (χ2n) is 18.0. The van der Waals surface area contributed by atoms with Crippen LogP contribution in [-0.2, 0) is 35.1 Å². The van der Waals surface area contributed by atoms with Crippen LogP contribution in [0.1, 0.15) is 69.8 Å². The van der Waals surface area contributed by atoms with Gasteiger partial charge in [-0.3, -0.25) is 9.59 Å². The third kappa shape index (κ3) is 9.22. The van der Waals surface area contributed by atoms with Crippen molar-refractivity contribution < 1.29 is 51.6 Å². The molecule has 5 aromatic rings. The molecule has 6 atom stereocenters. The van der Waals surface area contributed by atoms with Crippen LogP contribution in [0.25, 0.3) is 44.2 Å². The van der Waals surface area contributed by atoms with E-state index in [-0.39, 0.29) is 48.8 Å². The Balaban J connectivity index is 1.06. The summed E-state index contributed by atoms with van der Waals surface area (Å²) in [6, 6.07) is 11.4. The number of hydrogen-bond donors (Lipinski definition) is 4. The van der Waals surface area contributed by atoms with Gasteiger partial charge in [0.2, 0.25) is 11.8 Å². The van der Waals surface area contributed by atoms with Gasteiger partial charge < -0.3 is 54.1 Å². The number of amides is 4. The Bertz CT molecular complexity index is 2620. The molecular weight excluding hydrogens is 859 g/mol. The first-order valence-corrected chi connectivity index (χ1v) is 22.1. The molecule has 19 heteroatoms. The fourth-order valence-electron chi connectivity index (χ4n) is 9.58. The zero-order valence-electron chi connectivity index (χ0n) is 38.0. The average molecular weight is 915 g/mol. The van der Waals surface area contributed by atoms with E-state index < -0.39 is 42.8 Å². The lowest BCUT2D eigenvalue weighted by atomic mass is 9.92. The molecule has 4 amide bonds. The lowest BCUT2D eigenvalue weighted by Crippen LogP contribution is -2.51. The van der Waals surface area contributed by atoms with Gasteiger partial charge in [-0.05, 0) is 71.0 Å². The monoisotopic (exact) mass is 914 g/mol. The lowest BCUT2D eigenvalue weighted by molar-refractivity contribution is -0.139. The summed E-state index contributed by atoms with van der Waals surface area (Å²) >= 11 is 0. The van der Waals surface area contributed by atoms with Crippen LogP contribution in [0.2, 0.25) is 0 Å². The van der Waals surface area contributed by atoms with Crippen LogP contribution in [0.5, 0.6) is 5.75 Å². The number of rotatable bonds is 14. The Labute approximate surface area is 380 Å². The second-order valence-corrected chi connectivity index (χ2v) is 18.0. The Hall–Kier alpha value is -6.34. The molecule has 0 aliphatic carbocycles. The van der Waals surface area contributed by atoms with E-state index in [9.17, 15) is 28.0 Å². The summed E-state index contributed by atoms with van der Waals surface area (Å²) in [6.07, 6.45) is 1.30. The molecule has 0 bridgehead atoms.